The molecule has 0 fully saturated rings. The van der Waals surface area contributed by atoms with Crippen LogP contribution in [0, 0.1) is 0 Å². The predicted octanol–water partition coefficient (Wildman–Crippen LogP) is 3.93. The molecule has 1 unspecified atom stereocenters. The first-order valence-corrected chi connectivity index (χ1v) is 8.31. The molecule has 4 rings (SSSR count). The van der Waals surface area contributed by atoms with Crippen LogP contribution in [0.15, 0.2) is 91.3 Å². The first-order chi connectivity index (χ1) is 12.8. The van der Waals surface area contributed by atoms with Gasteiger partial charge in [-0.3, -0.25) is 10.2 Å². The van der Waals surface area contributed by atoms with Gasteiger partial charge in [0.2, 0.25) is 6.10 Å². The monoisotopic (exact) mass is 343 g/mol. The van der Waals surface area contributed by atoms with Crippen molar-refractivity contribution in [3.63, 3.8) is 0 Å². The second-order valence-electron chi connectivity index (χ2n) is 5.80. The third-order valence-electron chi connectivity index (χ3n) is 4.02. The zero-order valence-electron chi connectivity index (χ0n) is 13.9. The summed E-state index contributed by atoms with van der Waals surface area (Å²) in [5.74, 6) is 0.357. The standard InChI is InChI=1S/C21H17N3O2/c25-21(23-24-15-22-18-13-7-8-14-19(18)24)20(16-9-3-1-4-10-16)26-17-11-5-2-6-12-17/h1-15,20H,(H,23,25). The Kier molecular flexibility index (Phi) is 4.35. The first kappa shape index (κ1) is 15.9. The number of amides is 1. The molecule has 5 heteroatoms. The highest BCUT2D eigenvalue weighted by molar-refractivity contribution is 5.91. The molecule has 1 heterocycles. The summed E-state index contributed by atoms with van der Waals surface area (Å²) in [6.07, 6.45) is 0.812. The molecule has 0 aliphatic carbocycles. The summed E-state index contributed by atoms with van der Waals surface area (Å²) >= 11 is 0. The Morgan fingerprint density at radius 3 is 2.31 bits per heavy atom. The highest BCUT2D eigenvalue weighted by Gasteiger charge is 2.23. The van der Waals surface area contributed by atoms with E-state index in [0.29, 0.717) is 5.75 Å². The van der Waals surface area contributed by atoms with Crippen LogP contribution in [0.3, 0.4) is 0 Å². The minimum atomic E-state index is -0.778. The second kappa shape index (κ2) is 7.11. The van der Waals surface area contributed by atoms with Gasteiger partial charge in [-0.05, 0) is 24.3 Å². The van der Waals surface area contributed by atoms with Gasteiger partial charge in [-0.15, -0.1) is 0 Å². The molecule has 26 heavy (non-hydrogen) atoms. The Morgan fingerprint density at radius 1 is 0.885 bits per heavy atom. The van der Waals surface area contributed by atoms with E-state index in [9.17, 15) is 4.79 Å². The molecule has 0 saturated heterocycles. The van der Waals surface area contributed by atoms with E-state index in [1.165, 1.54) is 0 Å². The van der Waals surface area contributed by atoms with Crippen LogP contribution in [-0.4, -0.2) is 15.6 Å². The lowest BCUT2D eigenvalue weighted by atomic mass is 10.1. The molecule has 3 aromatic carbocycles. The predicted molar refractivity (Wildman–Crippen MR) is 100 cm³/mol. The van der Waals surface area contributed by atoms with Gasteiger partial charge in [0, 0.05) is 5.56 Å². The molecule has 4 aromatic rings. The zero-order chi connectivity index (χ0) is 17.8. The number of nitrogens with zero attached hydrogens (tertiary/aromatic N) is 2. The molecule has 1 aromatic heterocycles. The molecule has 0 saturated carbocycles. The summed E-state index contributed by atoms with van der Waals surface area (Å²) in [4.78, 5) is 17.3. The van der Waals surface area contributed by atoms with Crippen molar-refractivity contribution in [1.29, 1.82) is 0 Å². The number of carbonyl (C=O) groups is 1. The quantitative estimate of drug-likeness (QED) is 0.597. The molecule has 1 amide bonds. The van der Waals surface area contributed by atoms with Gasteiger partial charge >= 0.3 is 0 Å². The van der Waals surface area contributed by atoms with Gasteiger partial charge in [0.25, 0.3) is 5.91 Å². The highest BCUT2D eigenvalue weighted by Crippen LogP contribution is 2.22. The Hall–Kier alpha value is -3.60. The normalized spacial score (nSPS) is 11.8. The van der Waals surface area contributed by atoms with Gasteiger partial charge in [-0.25, -0.2) is 9.66 Å². The fourth-order valence-corrected chi connectivity index (χ4v) is 2.76. The molecule has 128 valence electrons. The van der Waals surface area contributed by atoms with E-state index in [2.05, 4.69) is 10.4 Å². The van der Waals surface area contributed by atoms with Gasteiger partial charge in [0.1, 0.15) is 12.1 Å². The highest BCUT2D eigenvalue weighted by atomic mass is 16.5. The number of hydrogen-bond donors (Lipinski definition) is 1. The molecule has 0 spiro atoms. The van der Waals surface area contributed by atoms with Crippen LogP contribution in [-0.2, 0) is 4.79 Å². The van der Waals surface area contributed by atoms with Crippen molar-refractivity contribution in [3.05, 3.63) is 96.8 Å². The third-order valence-corrected chi connectivity index (χ3v) is 4.02. The number of benzene rings is 3. The molecular formula is C21H17N3O2. The van der Waals surface area contributed by atoms with E-state index in [0.717, 1.165) is 16.6 Å². The van der Waals surface area contributed by atoms with E-state index >= 15 is 0 Å². The Labute approximate surface area is 150 Å². The lowest BCUT2D eigenvalue weighted by Gasteiger charge is -2.19. The van der Waals surface area contributed by atoms with Crippen molar-refractivity contribution < 1.29 is 9.53 Å². The van der Waals surface area contributed by atoms with Crippen LogP contribution in [0.2, 0.25) is 0 Å². The lowest BCUT2D eigenvalue weighted by Crippen LogP contribution is -2.31. The fourth-order valence-electron chi connectivity index (χ4n) is 2.76. The summed E-state index contributed by atoms with van der Waals surface area (Å²) in [5, 5.41) is 0. The molecule has 0 bridgehead atoms. The summed E-state index contributed by atoms with van der Waals surface area (Å²) in [5.41, 5.74) is 5.29. The Bertz CT molecular complexity index is 1010. The molecule has 0 radical (unpaired) electrons. The minimum absolute atomic E-state index is 0.275. The van der Waals surface area contributed by atoms with E-state index in [1.54, 1.807) is 11.0 Å². The average Bonchev–Trinajstić information content (AvgIpc) is 3.10. The lowest BCUT2D eigenvalue weighted by molar-refractivity contribution is -0.124. The van der Waals surface area contributed by atoms with Crippen molar-refractivity contribution >= 4 is 16.9 Å². The topological polar surface area (TPSA) is 56.2 Å². The summed E-state index contributed by atoms with van der Waals surface area (Å²) in [6.45, 7) is 0. The molecule has 0 aliphatic heterocycles. The molecular weight excluding hydrogens is 326 g/mol. The van der Waals surface area contributed by atoms with Crippen LogP contribution in [0.5, 0.6) is 5.75 Å². The average molecular weight is 343 g/mol. The van der Waals surface area contributed by atoms with Crippen molar-refractivity contribution in [2.45, 2.75) is 6.10 Å². The first-order valence-electron chi connectivity index (χ1n) is 8.31. The van der Waals surface area contributed by atoms with Crippen LogP contribution in [0.25, 0.3) is 11.0 Å². The number of carbonyl (C=O) groups excluding carboxylic acids is 1. The molecule has 5 nitrogen and oxygen atoms in total. The molecule has 1 N–H and O–H groups in total. The van der Waals surface area contributed by atoms with E-state index < -0.39 is 6.10 Å². The van der Waals surface area contributed by atoms with E-state index in [1.807, 2.05) is 84.9 Å². The Balaban J connectivity index is 1.63. The van der Waals surface area contributed by atoms with Crippen molar-refractivity contribution in [2.24, 2.45) is 0 Å². The second-order valence-corrected chi connectivity index (χ2v) is 5.80. The van der Waals surface area contributed by atoms with Gasteiger partial charge in [-0.1, -0.05) is 60.7 Å². The molecule has 0 aliphatic rings. The number of para-hydroxylation sites is 3. The summed E-state index contributed by atoms with van der Waals surface area (Å²) < 4.78 is 7.59. The fraction of sp³-hybridized carbons (Fsp3) is 0.0476. The number of rotatable bonds is 5. The van der Waals surface area contributed by atoms with Crippen molar-refractivity contribution in [1.82, 2.24) is 9.66 Å². The summed E-state index contributed by atoms with van der Waals surface area (Å²) in [7, 11) is 0. The van der Waals surface area contributed by atoms with Gasteiger partial charge in [-0.2, -0.15) is 0 Å². The maximum absolute atomic E-state index is 13.0. The third kappa shape index (κ3) is 3.28. The van der Waals surface area contributed by atoms with Gasteiger partial charge in [0.05, 0.1) is 11.0 Å². The smallest absolute Gasteiger partial charge is 0.284 e. The zero-order valence-corrected chi connectivity index (χ0v) is 13.9. The number of fused-ring (bicyclic) bond motifs is 1. The summed E-state index contributed by atoms with van der Waals surface area (Å²) in [6, 6.07) is 26.3. The van der Waals surface area contributed by atoms with E-state index in [-0.39, 0.29) is 5.91 Å². The van der Waals surface area contributed by atoms with Crippen LogP contribution < -0.4 is 10.2 Å². The number of aromatic nitrogens is 2. The number of ether oxygens (including phenoxy) is 1. The van der Waals surface area contributed by atoms with Crippen molar-refractivity contribution in [2.75, 3.05) is 5.43 Å². The molecule has 1 atom stereocenters. The van der Waals surface area contributed by atoms with Crippen molar-refractivity contribution in [3.8, 4) is 5.75 Å². The maximum Gasteiger partial charge on any atom is 0.284 e. The Morgan fingerprint density at radius 2 is 1.54 bits per heavy atom. The van der Waals surface area contributed by atoms with Gasteiger partial charge in [0.15, 0.2) is 0 Å². The SMILES string of the molecule is O=C(Nn1cnc2ccccc21)C(Oc1ccccc1)c1ccccc1. The number of nitrogens with one attached hydrogen (secondary N) is 1. The number of imidazole rings is 1. The van der Waals surface area contributed by atoms with Gasteiger partial charge < -0.3 is 4.74 Å². The van der Waals surface area contributed by atoms with Crippen LogP contribution >= 0.6 is 0 Å². The van der Waals surface area contributed by atoms with Crippen LogP contribution in [0.4, 0.5) is 0 Å². The largest absolute Gasteiger partial charge is 0.476 e. The number of hydrogen-bond acceptors (Lipinski definition) is 3. The maximum atomic E-state index is 13.0. The van der Waals surface area contributed by atoms with Crippen LogP contribution in [0.1, 0.15) is 11.7 Å². The minimum Gasteiger partial charge on any atom is -0.476 e. The van der Waals surface area contributed by atoms with E-state index in [4.69, 9.17) is 4.74 Å².